The van der Waals surface area contributed by atoms with Gasteiger partial charge in [0.15, 0.2) is 0 Å². The van der Waals surface area contributed by atoms with Crippen LogP contribution in [0.3, 0.4) is 0 Å². The second kappa shape index (κ2) is 7.31. The largest absolute Gasteiger partial charge is 0.376 e. The van der Waals surface area contributed by atoms with Crippen LogP contribution in [0.15, 0.2) is 12.3 Å². The maximum absolute atomic E-state index is 3.50. The van der Waals surface area contributed by atoms with E-state index in [1.165, 1.54) is 25.4 Å². The Morgan fingerprint density at radius 2 is 2.06 bits per heavy atom. The van der Waals surface area contributed by atoms with Gasteiger partial charge in [0.05, 0.1) is 6.17 Å². The van der Waals surface area contributed by atoms with Crippen LogP contribution in [0.2, 0.25) is 25.7 Å². The molecule has 18 heavy (non-hydrogen) atoms. The summed E-state index contributed by atoms with van der Waals surface area (Å²) in [6, 6.07) is 1.44. The molecule has 1 unspecified atom stereocenters. The molecule has 1 atom stereocenters. The molecule has 0 saturated heterocycles. The van der Waals surface area contributed by atoms with Gasteiger partial charge < -0.3 is 10.2 Å². The molecule has 0 spiro atoms. The van der Waals surface area contributed by atoms with Crippen molar-refractivity contribution in [3.05, 3.63) is 12.3 Å². The minimum absolute atomic E-state index is 0.527. The molecule has 106 valence electrons. The van der Waals surface area contributed by atoms with Crippen LogP contribution in [-0.2, 0) is 0 Å². The summed E-state index contributed by atoms with van der Waals surface area (Å²) >= 11 is 0. The topological polar surface area (TPSA) is 18.5 Å². The van der Waals surface area contributed by atoms with Gasteiger partial charge in [-0.05, 0) is 33.1 Å². The Morgan fingerprint density at radius 1 is 1.33 bits per heavy atom. The molecule has 1 aliphatic heterocycles. The van der Waals surface area contributed by atoms with Crippen molar-refractivity contribution in [3.8, 4) is 0 Å². The van der Waals surface area contributed by atoms with E-state index < -0.39 is 8.07 Å². The average molecular weight is 270 g/mol. The van der Waals surface area contributed by atoms with E-state index in [1.54, 1.807) is 0 Å². The summed E-state index contributed by atoms with van der Waals surface area (Å²) in [6.45, 7) is 10.9. The first kappa shape index (κ1) is 15.7. The molecule has 1 N–H and O–H groups in total. The summed E-state index contributed by atoms with van der Waals surface area (Å²) in [7, 11) is 3.42. The molecule has 1 aliphatic rings. The van der Waals surface area contributed by atoms with Gasteiger partial charge in [-0.2, -0.15) is 0 Å². The molecular formula is C14H31N3Si. The van der Waals surface area contributed by atoms with Crippen LogP contribution in [0.25, 0.3) is 0 Å². The van der Waals surface area contributed by atoms with Crippen molar-refractivity contribution in [1.82, 2.24) is 15.1 Å². The lowest BCUT2D eigenvalue weighted by molar-refractivity contribution is 0.165. The first-order valence-electron chi connectivity index (χ1n) is 7.18. The lowest BCUT2D eigenvalue weighted by Gasteiger charge is -2.35. The smallest absolute Gasteiger partial charge is 0.0803 e. The van der Waals surface area contributed by atoms with E-state index in [9.17, 15) is 0 Å². The third kappa shape index (κ3) is 6.57. The highest BCUT2D eigenvalue weighted by atomic mass is 28.3. The van der Waals surface area contributed by atoms with E-state index in [-0.39, 0.29) is 0 Å². The minimum atomic E-state index is -0.873. The summed E-state index contributed by atoms with van der Waals surface area (Å²) in [5.41, 5.74) is 0. The molecule has 0 amide bonds. The molecule has 0 radical (unpaired) electrons. The van der Waals surface area contributed by atoms with Crippen LogP contribution >= 0.6 is 0 Å². The van der Waals surface area contributed by atoms with E-state index in [1.807, 2.05) is 0 Å². The zero-order valence-corrected chi connectivity index (χ0v) is 13.9. The Morgan fingerprint density at radius 3 is 2.67 bits per heavy atom. The van der Waals surface area contributed by atoms with Crippen molar-refractivity contribution in [3.63, 3.8) is 0 Å². The predicted molar refractivity (Wildman–Crippen MR) is 83.6 cm³/mol. The first-order valence-corrected chi connectivity index (χ1v) is 10.9. The Balaban J connectivity index is 2.33. The Kier molecular flexibility index (Phi) is 6.39. The Labute approximate surface area is 114 Å². The third-order valence-corrected chi connectivity index (χ3v) is 5.26. The standard InChI is InChI=1S/C14H31N3Si/c1-16(2)12-8-14-15-9-6-10-17(14)11-7-13-18(3,4)5/h6,9,14-15H,7-8,10-13H2,1-5H3. The van der Waals surface area contributed by atoms with Crippen LogP contribution in [0.5, 0.6) is 0 Å². The normalized spacial score (nSPS) is 21.3. The van der Waals surface area contributed by atoms with Gasteiger partial charge in [0.2, 0.25) is 0 Å². The maximum atomic E-state index is 3.50. The molecular weight excluding hydrogens is 238 g/mol. The fourth-order valence-corrected chi connectivity index (χ4v) is 3.52. The molecule has 0 bridgehead atoms. The van der Waals surface area contributed by atoms with Crippen LogP contribution < -0.4 is 5.32 Å². The number of hydrogen-bond donors (Lipinski definition) is 1. The van der Waals surface area contributed by atoms with E-state index in [4.69, 9.17) is 0 Å². The summed E-state index contributed by atoms with van der Waals surface area (Å²) in [5, 5.41) is 3.50. The van der Waals surface area contributed by atoms with E-state index in [0.29, 0.717) is 6.17 Å². The second-order valence-corrected chi connectivity index (χ2v) is 12.5. The molecule has 0 aromatic rings. The monoisotopic (exact) mass is 269 g/mol. The number of nitrogens with one attached hydrogen (secondary N) is 1. The summed E-state index contributed by atoms with van der Waals surface area (Å²) in [5.74, 6) is 0. The van der Waals surface area contributed by atoms with Crippen molar-refractivity contribution in [2.75, 3.05) is 33.7 Å². The molecule has 0 aliphatic carbocycles. The summed E-state index contributed by atoms with van der Waals surface area (Å²) in [4.78, 5) is 4.85. The van der Waals surface area contributed by atoms with Crippen LogP contribution in [0.4, 0.5) is 0 Å². The van der Waals surface area contributed by atoms with Crippen molar-refractivity contribution < 1.29 is 0 Å². The molecule has 0 aromatic heterocycles. The van der Waals surface area contributed by atoms with Gasteiger partial charge in [-0.1, -0.05) is 31.8 Å². The van der Waals surface area contributed by atoms with Gasteiger partial charge in [0, 0.05) is 27.7 Å². The van der Waals surface area contributed by atoms with E-state index in [2.05, 4.69) is 61.1 Å². The van der Waals surface area contributed by atoms with Crippen LogP contribution in [0, 0.1) is 0 Å². The van der Waals surface area contributed by atoms with Gasteiger partial charge in [-0.15, -0.1) is 0 Å². The van der Waals surface area contributed by atoms with Crippen LogP contribution in [0.1, 0.15) is 12.8 Å². The van der Waals surface area contributed by atoms with Gasteiger partial charge >= 0.3 is 0 Å². The molecule has 1 heterocycles. The highest BCUT2D eigenvalue weighted by Gasteiger charge is 2.20. The number of rotatable bonds is 7. The van der Waals surface area contributed by atoms with Crippen LogP contribution in [-0.4, -0.2) is 57.8 Å². The van der Waals surface area contributed by atoms with Crippen molar-refractivity contribution in [2.24, 2.45) is 0 Å². The van der Waals surface area contributed by atoms with Gasteiger partial charge in [-0.3, -0.25) is 4.90 Å². The number of nitrogens with zero attached hydrogens (tertiary/aromatic N) is 2. The van der Waals surface area contributed by atoms with E-state index >= 15 is 0 Å². The van der Waals surface area contributed by atoms with Gasteiger partial charge in [0.1, 0.15) is 0 Å². The molecule has 0 aromatic carbocycles. The fraction of sp³-hybridized carbons (Fsp3) is 0.857. The Hall–Kier alpha value is -0.323. The van der Waals surface area contributed by atoms with Crippen molar-refractivity contribution in [2.45, 2.75) is 44.7 Å². The lowest BCUT2D eigenvalue weighted by Crippen LogP contribution is -2.48. The molecule has 1 rings (SSSR count). The SMILES string of the molecule is CN(C)CCC1NC=CCN1CCC[Si](C)(C)C. The van der Waals surface area contributed by atoms with Gasteiger partial charge in [0.25, 0.3) is 0 Å². The molecule has 0 fully saturated rings. The summed E-state index contributed by atoms with van der Waals surface area (Å²) < 4.78 is 0. The molecule has 4 heteroatoms. The third-order valence-electron chi connectivity index (χ3n) is 3.41. The predicted octanol–water partition coefficient (Wildman–Crippen LogP) is 2.41. The Bertz CT molecular complexity index is 258. The first-order chi connectivity index (χ1) is 8.38. The van der Waals surface area contributed by atoms with Crippen molar-refractivity contribution >= 4 is 8.07 Å². The zero-order valence-electron chi connectivity index (χ0n) is 12.9. The van der Waals surface area contributed by atoms with Crippen molar-refractivity contribution in [1.29, 1.82) is 0 Å². The fourth-order valence-electron chi connectivity index (χ4n) is 2.31. The minimum Gasteiger partial charge on any atom is -0.376 e. The molecule has 3 nitrogen and oxygen atoms in total. The lowest BCUT2D eigenvalue weighted by atomic mass is 10.2. The van der Waals surface area contributed by atoms with E-state index in [0.717, 1.165) is 13.1 Å². The summed E-state index contributed by atoms with van der Waals surface area (Å²) in [6.07, 6.45) is 7.43. The van der Waals surface area contributed by atoms with Gasteiger partial charge in [-0.25, -0.2) is 0 Å². The average Bonchev–Trinajstić information content (AvgIpc) is 2.26. The number of hydrogen-bond acceptors (Lipinski definition) is 3. The highest BCUT2D eigenvalue weighted by molar-refractivity contribution is 6.76. The second-order valence-electron chi connectivity index (χ2n) is 6.84. The quantitative estimate of drug-likeness (QED) is 0.716. The zero-order chi connectivity index (χ0) is 13.6. The molecule has 0 saturated carbocycles. The maximum Gasteiger partial charge on any atom is 0.0803 e. The highest BCUT2D eigenvalue weighted by Crippen LogP contribution is 2.14.